The monoisotopic (exact) mass is 478 g/mol. The van der Waals surface area contributed by atoms with E-state index in [0.29, 0.717) is 17.9 Å². The van der Waals surface area contributed by atoms with Crippen molar-refractivity contribution in [1.82, 2.24) is 15.0 Å². The van der Waals surface area contributed by atoms with E-state index in [1.165, 1.54) is 16.3 Å². The van der Waals surface area contributed by atoms with Crippen LogP contribution in [0.4, 0.5) is 0 Å². The van der Waals surface area contributed by atoms with E-state index >= 15 is 0 Å². The zero-order chi connectivity index (χ0) is 22.6. The third-order valence-corrected chi connectivity index (χ3v) is 6.79. The summed E-state index contributed by atoms with van der Waals surface area (Å²) in [6.45, 7) is -0.408. The molecule has 33 heavy (non-hydrogen) atoms. The van der Waals surface area contributed by atoms with Crippen LogP contribution in [-0.2, 0) is 20.7 Å². The average molecular weight is 479 g/mol. The van der Waals surface area contributed by atoms with Crippen LogP contribution in [0.25, 0.3) is 10.7 Å². The lowest BCUT2D eigenvalue weighted by Gasteiger charge is -2.19. The molecule has 0 fully saturated rings. The first-order chi connectivity index (χ1) is 16.2. The van der Waals surface area contributed by atoms with E-state index in [1.54, 1.807) is 35.2 Å². The first kappa shape index (κ1) is 21.2. The fourth-order valence-corrected chi connectivity index (χ4v) is 4.95. The second-order valence-corrected chi connectivity index (χ2v) is 9.00. The van der Waals surface area contributed by atoms with Crippen LogP contribution < -0.4 is 0 Å². The summed E-state index contributed by atoms with van der Waals surface area (Å²) in [4.78, 5) is 34.9. The lowest BCUT2D eigenvalue weighted by atomic mass is 10.1. The minimum Gasteiger partial charge on any atom is -0.467 e. The fourth-order valence-electron chi connectivity index (χ4n) is 3.44. The van der Waals surface area contributed by atoms with Crippen molar-refractivity contribution in [2.45, 2.75) is 18.9 Å². The lowest BCUT2D eigenvalue weighted by Crippen LogP contribution is -2.31. The Balaban J connectivity index is 1.22. The molecule has 5 rings (SSSR count). The van der Waals surface area contributed by atoms with Gasteiger partial charge in [-0.3, -0.25) is 14.6 Å². The number of ether oxygens (including phenoxy) is 1. The fraction of sp³-hybridized carbons (Fsp3) is 0.174. The van der Waals surface area contributed by atoms with E-state index in [9.17, 15) is 9.59 Å². The molecular formula is C23H18N4O4S2. The Kier molecular flexibility index (Phi) is 6.09. The van der Waals surface area contributed by atoms with Gasteiger partial charge in [0, 0.05) is 18.0 Å². The molecule has 4 aromatic rings. The molecule has 1 aliphatic heterocycles. The number of pyridine rings is 1. The van der Waals surface area contributed by atoms with Gasteiger partial charge in [0.05, 0.1) is 34.7 Å². The quantitative estimate of drug-likeness (QED) is 0.367. The predicted octanol–water partition coefficient (Wildman–Crippen LogP) is 4.32. The largest absolute Gasteiger partial charge is 0.467 e. The van der Waals surface area contributed by atoms with Crippen molar-refractivity contribution in [3.8, 4) is 10.7 Å². The van der Waals surface area contributed by atoms with Gasteiger partial charge < -0.3 is 9.15 Å². The number of furan rings is 1. The van der Waals surface area contributed by atoms with Crippen molar-refractivity contribution < 1.29 is 18.7 Å². The van der Waals surface area contributed by atoms with Gasteiger partial charge in [0.15, 0.2) is 6.61 Å². The van der Waals surface area contributed by atoms with E-state index in [0.717, 1.165) is 21.3 Å². The van der Waals surface area contributed by atoms with Gasteiger partial charge in [-0.05, 0) is 35.7 Å². The third-order valence-electron chi connectivity index (χ3n) is 4.96. The molecule has 166 valence electrons. The zero-order valence-corrected chi connectivity index (χ0v) is 18.9. The summed E-state index contributed by atoms with van der Waals surface area (Å²) in [6, 6.07) is 12.7. The maximum Gasteiger partial charge on any atom is 0.312 e. The predicted molar refractivity (Wildman–Crippen MR) is 124 cm³/mol. The highest BCUT2D eigenvalue weighted by molar-refractivity contribution is 7.13. The Hall–Kier alpha value is -3.63. The van der Waals surface area contributed by atoms with Crippen LogP contribution >= 0.6 is 22.7 Å². The number of hydrogen-bond donors (Lipinski definition) is 0. The van der Waals surface area contributed by atoms with Crippen LogP contribution in [0.2, 0.25) is 0 Å². The van der Waals surface area contributed by atoms with Crippen LogP contribution in [-0.4, -0.2) is 39.2 Å². The van der Waals surface area contributed by atoms with Crippen LogP contribution in [0.15, 0.2) is 75.2 Å². The Morgan fingerprint density at radius 2 is 2.09 bits per heavy atom. The Morgan fingerprint density at radius 3 is 2.85 bits per heavy atom. The topological polar surface area (TPSA) is 97.9 Å². The van der Waals surface area contributed by atoms with Crippen molar-refractivity contribution in [3.05, 3.63) is 82.0 Å². The van der Waals surface area contributed by atoms with E-state index in [-0.39, 0.29) is 12.5 Å². The molecule has 0 bridgehead atoms. The molecule has 0 aromatic carbocycles. The van der Waals surface area contributed by atoms with Gasteiger partial charge in [-0.1, -0.05) is 12.1 Å². The Labute approximate surface area is 197 Å². The summed E-state index contributed by atoms with van der Waals surface area (Å²) >= 11 is 2.96. The molecule has 0 N–H and O–H groups in total. The minimum atomic E-state index is -0.530. The second-order valence-electron chi connectivity index (χ2n) is 7.19. The molecule has 0 saturated carbocycles. The maximum absolute atomic E-state index is 12.9. The summed E-state index contributed by atoms with van der Waals surface area (Å²) in [6.07, 6.45) is 3.76. The second kappa shape index (κ2) is 9.47. The lowest BCUT2D eigenvalue weighted by molar-refractivity contribution is -0.152. The molecule has 0 saturated heterocycles. The molecule has 10 heteroatoms. The minimum absolute atomic E-state index is 0.0259. The maximum atomic E-state index is 12.9. The highest BCUT2D eigenvalue weighted by atomic mass is 32.1. The smallest absolute Gasteiger partial charge is 0.312 e. The van der Waals surface area contributed by atoms with E-state index < -0.39 is 18.5 Å². The van der Waals surface area contributed by atoms with Crippen LogP contribution in [0.3, 0.4) is 0 Å². The summed E-state index contributed by atoms with van der Waals surface area (Å²) in [5, 5.41) is 10.3. The summed E-state index contributed by atoms with van der Waals surface area (Å²) in [5.74, 6) is -0.310. The number of esters is 1. The van der Waals surface area contributed by atoms with Crippen LogP contribution in [0.5, 0.6) is 0 Å². The molecule has 1 unspecified atom stereocenters. The summed E-state index contributed by atoms with van der Waals surface area (Å²) < 4.78 is 10.8. The number of thiazole rings is 1. The molecule has 0 spiro atoms. The number of thiophene rings is 1. The van der Waals surface area contributed by atoms with Gasteiger partial charge in [-0.2, -0.15) is 5.10 Å². The van der Waals surface area contributed by atoms with Crippen LogP contribution in [0, 0.1) is 0 Å². The molecule has 0 radical (unpaired) electrons. The van der Waals surface area contributed by atoms with Gasteiger partial charge >= 0.3 is 5.97 Å². The normalized spacial score (nSPS) is 15.5. The molecule has 4 aromatic heterocycles. The van der Waals surface area contributed by atoms with Gasteiger partial charge in [0.1, 0.15) is 16.8 Å². The average Bonchev–Trinajstić information content (AvgIpc) is 3.63. The molecule has 8 nitrogen and oxygen atoms in total. The van der Waals surface area contributed by atoms with E-state index in [4.69, 9.17) is 9.15 Å². The van der Waals surface area contributed by atoms with Gasteiger partial charge in [-0.15, -0.1) is 22.7 Å². The highest BCUT2D eigenvalue weighted by Crippen LogP contribution is 2.34. The number of nitrogens with zero attached hydrogens (tertiary/aromatic N) is 4. The van der Waals surface area contributed by atoms with Crippen molar-refractivity contribution in [3.63, 3.8) is 0 Å². The van der Waals surface area contributed by atoms with E-state index in [2.05, 4.69) is 15.1 Å². The van der Waals surface area contributed by atoms with Crippen molar-refractivity contribution in [1.29, 1.82) is 0 Å². The van der Waals surface area contributed by atoms with Gasteiger partial charge in [-0.25, -0.2) is 9.99 Å². The molecule has 5 heterocycles. The molecule has 1 atom stereocenters. The van der Waals surface area contributed by atoms with Crippen molar-refractivity contribution in [2.24, 2.45) is 5.10 Å². The SMILES string of the molecule is O=C(Cc1csc(-c2ccccn2)n1)OCC(=O)N1N=C(c2cccs2)CC1c1ccco1. The van der Waals surface area contributed by atoms with Crippen molar-refractivity contribution in [2.75, 3.05) is 6.61 Å². The van der Waals surface area contributed by atoms with Crippen LogP contribution in [0.1, 0.15) is 28.8 Å². The molecule has 0 aliphatic carbocycles. The molecular weight excluding hydrogens is 460 g/mol. The van der Waals surface area contributed by atoms with Gasteiger partial charge in [0.2, 0.25) is 0 Å². The number of carbonyl (C=O) groups excluding carboxylic acids is 2. The number of hydrogen-bond acceptors (Lipinski definition) is 9. The number of rotatable bonds is 7. The first-order valence-electron chi connectivity index (χ1n) is 10.2. The van der Waals surface area contributed by atoms with E-state index in [1.807, 2.05) is 41.8 Å². The molecule has 1 amide bonds. The number of carbonyl (C=O) groups is 2. The zero-order valence-electron chi connectivity index (χ0n) is 17.3. The molecule has 1 aliphatic rings. The third kappa shape index (κ3) is 4.76. The number of amides is 1. The van der Waals surface area contributed by atoms with Gasteiger partial charge in [0.25, 0.3) is 5.91 Å². The summed E-state index contributed by atoms with van der Waals surface area (Å²) in [7, 11) is 0. The standard InChI is InChI=1S/C23H18N4O4S2/c28-21(13-31-22(29)11-15-14-33-23(25-15)16-5-1-2-8-24-16)27-18(19-6-3-9-30-19)12-17(26-27)20-7-4-10-32-20/h1-10,14,18H,11-13H2. The number of hydrazone groups is 1. The number of aromatic nitrogens is 2. The Bertz CT molecular complexity index is 1270. The van der Waals surface area contributed by atoms with Crippen molar-refractivity contribution >= 4 is 40.3 Å². The Morgan fingerprint density at radius 1 is 1.15 bits per heavy atom. The summed E-state index contributed by atoms with van der Waals surface area (Å²) in [5.41, 5.74) is 2.12. The first-order valence-corrected chi connectivity index (χ1v) is 11.9. The highest BCUT2D eigenvalue weighted by Gasteiger charge is 2.35.